The van der Waals surface area contributed by atoms with Gasteiger partial charge in [0, 0.05) is 39.4 Å². The minimum absolute atomic E-state index is 0.00171. The summed E-state index contributed by atoms with van der Waals surface area (Å²) in [5.74, 6) is -1.20. The number of piperidine rings is 1. The number of amides is 1. The fourth-order valence-corrected chi connectivity index (χ4v) is 6.79. The van der Waals surface area contributed by atoms with Gasteiger partial charge in [-0.1, -0.05) is 0 Å². The van der Waals surface area contributed by atoms with E-state index in [1.807, 2.05) is 0 Å². The molecule has 0 saturated carbocycles. The van der Waals surface area contributed by atoms with E-state index in [-0.39, 0.29) is 22.2 Å². The molecular weight excluding hydrogens is 469 g/mol. The topological polar surface area (TPSA) is 95.1 Å². The van der Waals surface area contributed by atoms with Gasteiger partial charge in [0.05, 0.1) is 15.7 Å². The molecule has 2 aromatic carbocycles. The summed E-state index contributed by atoms with van der Waals surface area (Å²) in [5.41, 5.74) is 1.44. The Morgan fingerprint density at radius 3 is 2.33 bits per heavy atom. The summed E-state index contributed by atoms with van der Waals surface area (Å²) in [6.07, 6.45) is 1.63. The standard InChI is InChI=1S/C22H26FN3O5S2/c1-24(2)32(28,29)20-9-10-21-16(14-20)11-13-26(21)22(27)17-4-3-12-25(15-17)33(30,31)19-7-5-18(23)6-8-19/h5-10,14,17H,3-4,11-13,15H2,1-2H3. The number of nitrogens with zero attached hydrogens (tertiary/aromatic N) is 3. The second-order valence-electron chi connectivity index (χ2n) is 8.47. The molecule has 11 heteroatoms. The van der Waals surface area contributed by atoms with Gasteiger partial charge in [-0.25, -0.2) is 25.5 Å². The van der Waals surface area contributed by atoms with Gasteiger partial charge in [0.2, 0.25) is 26.0 Å². The van der Waals surface area contributed by atoms with E-state index >= 15 is 0 Å². The van der Waals surface area contributed by atoms with Crippen LogP contribution < -0.4 is 4.90 Å². The Balaban J connectivity index is 1.53. The maximum Gasteiger partial charge on any atom is 0.243 e. The third-order valence-corrected chi connectivity index (χ3v) is 9.87. The first-order chi connectivity index (χ1) is 15.5. The van der Waals surface area contributed by atoms with Crippen LogP contribution in [0.4, 0.5) is 10.1 Å². The summed E-state index contributed by atoms with van der Waals surface area (Å²) in [6.45, 7) is 0.768. The lowest BCUT2D eigenvalue weighted by Crippen LogP contribution is -2.46. The molecule has 4 rings (SSSR count). The molecule has 1 unspecified atom stereocenters. The lowest BCUT2D eigenvalue weighted by Gasteiger charge is -2.33. The first-order valence-electron chi connectivity index (χ1n) is 10.6. The minimum Gasteiger partial charge on any atom is -0.312 e. The Labute approximate surface area is 193 Å². The van der Waals surface area contributed by atoms with Crippen molar-refractivity contribution in [1.82, 2.24) is 8.61 Å². The fraction of sp³-hybridized carbons (Fsp3) is 0.409. The lowest BCUT2D eigenvalue weighted by molar-refractivity contribution is -0.123. The van der Waals surface area contributed by atoms with Crippen molar-refractivity contribution in [3.05, 3.63) is 53.8 Å². The van der Waals surface area contributed by atoms with Crippen LogP contribution in [0, 0.1) is 11.7 Å². The van der Waals surface area contributed by atoms with E-state index in [0.717, 1.165) is 22.0 Å². The van der Waals surface area contributed by atoms with Crippen LogP contribution in [0.25, 0.3) is 0 Å². The Morgan fingerprint density at radius 2 is 1.67 bits per heavy atom. The van der Waals surface area contributed by atoms with Gasteiger partial charge >= 0.3 is 0 Å². The number of carbonyl (C=O) groups excluding carboxylic acids is 1. The van der Waals surface area contributed by atoms with Crippen LogP contribution in [-0.2, 0) is 31.3 Å². The molecule has 0 spiro atoms. The molecule has 178 valence electrons. The highest BCUT2D eigenvalue weighted by molar-refractivity contribution is 7.89. The minimum atomic E-state index is -3.83. The molecule has 1 atom stereocenters. The molecule has 0 aromatic heterocycles. The van der Waals surface area contributed by atoms with Crippen molar-refractivity contribution in [2.45, 2.75) is 29.1 Å². The normalized spacial score (nSPS) is 19.6. The lowest BCUT2D eigenvalue weighted by atomic mass is 9.98. The van der Waals surface area contributed by atoms with E-state index in [1.54, 1.807) is 17.0 Å². The smallest absolute Gasteiger partial charge is 0.243 e. The van der Waals surface area contributed by atoms with Crippen LogP contribution in [0.15, 0.2) is 52.3 Å². The predicted molar refractivity (Wildman–Crippen MR) is 121 cm³/mol. The van der Waals surface area contributed by atoms with Crippen LogP contribution in [0.3, 0.4) is 0 Å². The Morgan fingerprint density at radius 1 is 1.00 bits per heavy atom. The van der Waals surface area contributed by atoms with Gasteiger partial charge < -0.3 is 4.90 Å². The van der Waals surface area contributed by atoms with Crippen LogP contribution in [0.5, 0.6) is 0 Å². The quantitative estimate of drug-likeness (QED) is 0.633. The maximum absolute atomic E-state index is 13.3. The Bertz CT molecular complexity index is 1280. The summed E-state index contributed by atoms with van der Waals surface area (Å²) in [7, 11) is -4.48. The highest BCUT2D eigenvalue weighted by atomic mass is 32.2. The number of hydrogen-bond acceptors (Lipinski definition) is 5. The molecule has 2 heterocycles. The molecule has 1 amide bonds. The molecule has 1 fully saturated rings. The van der Waals surface area contributed by atoms with Crippen molar-refractivity contribution < 1.29 is 26.0 Å². The van der Waals surface area contributed by atoms with Crippen molar-refractivity contribution in [2.75, 3.05) is 38.6 Å². The molecule has 0 bridgehead atoms. The molecule has 2 aromatic rings. The Kier molecular flexibility index (Phi) is 6.34. The zero-order chi connectivity index (χ0) is 24.0. The first kappa shape index (κ1) is 23.8. The van der Waals surface area contributed by atoms with Gasteiger partial charge in [0.25, 0.3) is 0 Å². The molecule has 33 heavy (non-hydrogen) atoms. The number of rotatable bonds is 5. The molecule has 2 aliphatic heterocycles. The Hall–Kier alpha value is -2.34. The average molecular weight is 496 g/mol. The number of halogens is 1. The van der Waals surface area contributed by atoms with Crippen molar-refractivity contribution in [3.8, 4) is 0 Å². The van der Waals surface area contributed by atoms with Gasteiger partial charge in [-0.15, -0.1) is 0 Å². The summed E-state index contributed by atoms with van der Waals surface area (Å²) >= 11 is 0. The second-order valence-corrected chi connectivity index (χ2v) is 12.6. The third kappa shape index (κ3) is 4.42. The molecule has 0 radical (unpaired) electrons. The average Bonchev–Trinajstić information content (AvgIpc) is 3.22. The van der Waals surface area contributed by atoms with E-state index < -0.39 is 31.8 Å². The van der Waals surface area contributed by atoms with Gasteiger partial charge in [-0.2, -0.15) is 4.31 Å². The van der Waals surface area contributed by atoms with Crippen molar-refractivity contribution in [2.24, 2.45) is 5.92 Å². The summed E-state index contributed by atoms with van der Waals surface area (Å²) in [5, 5.41) is 0. The number of sulfonamides is 2. The molecular formula is C22H26FN3O5S2. The van der Waals surface area contributed by atoms with Crippen molar-refractivity contribution >= 4 is 31.6 Å². The highest BCUT2D eigenvalue weighted by Crippen LogP contribution is 2.34. The number of anilines is 1. The molecule has 8 nitrogen and oxygen atoms in total. The number of hydrogen-bond donors (Lipinski definition) is 0. The van der Waals surface area contributed by atoms with E-state index in [9.17, 15) is 26.0 Å². The van der Waals surface area contributed by atoms with Gasteiger partial charge in [0.1, 0.15) is 5.82 Å². The van der Waals surface area contributed by atoms with E-state index in [2.05, 4.69) is 0 Å². The van der Waals surface area contributed by atoms with Gasteiger partial charge in [-0.3, -0.25) is 4.79 Å². The number of carbonyl (C=O) groups is 1. The van der Waals surface area contributed by atoms with Crippen molar-refractivity contribution in [3.63, 3.8) is 0 Å². The second kappa shape index (κ2) is 8.79. The van der Waals surface area contributed by atoms with Gasteiger partial charge in [-0.05, 0) is 67.3 Å². The first-order valence-corrected chi connectivity index (χ1v) is 13.5. The highest BCUT2D eigenvalue weighted by Gasteiger charge is 2.37. The monoisotopic (exact) mass is 495 g/mol. The SMILES string of the molecule is CN(C)S(=O)(=O)c1ccc2c(c1)CCN2C(=O)C1CCCN(S(=O)(=O)c2ccc(F)cc2)C1. The predicted octanol–water partition coefficient (Wildman–Crippen LogP) is 2.07. The zero-order valence-electron chi connectivity index (χ0n) is 18.4. The van der Waals surface area contributed by atoms with Crippen LogP contribution in [0.1, 0.15) is 18.4 Å². The molecule has 2 aliphatic rings. The van der Waals surface area contributed by atoms with Gasteiger partial charge in [0.15, 0.2) is 0 Å². The third-order valence-electron chi connectivity index (χ3n) is 6.18. The fourth-order valence-electron chi connectivity index (χ4n) is 4.32. The van der Waals surface area contributed by atoms with Crippen LogP contribution >= 0.6 is 0 Å². The summed E-state index contributed by atoms with van der Waals surface area (Å²) in [4.78, 5) is 15.1. The van der Waals surface area contributed by atoms with E-state index in [4.69, 9.17) is 0 Å². The molecule has 0 aliphatic carbocycles. The molecule has 0 N–H and O–H groups in total. The van der Waals surface area contributed by atoms with E-state index in [0.29, 0.717) is 38.0 Å². The maximum atomic E-state index is 13.3. The summed E-state index contributed by atoms with van der Waals surface area (Å²) in [6, 6.07) is 9.40. The summed E-state index contributed by atoms with van der Waals surface area (Å²) < 4.78 is 66.5. The van der Waals surface area contributed by atoms with Crippen LogP contribution in [-0.4, -0.2) is 65.1 Å². The number of fused-ring (bicyclic) bond motifs is 1. The van der Waals surface area contributed by atoms with Crippen molar-refractivity contribution in [1.29, 1.82) is 0 Å². The van der Waals surface area contributed by atoms with Crippen LogP contribution in [0.2, 0.25) is 0 Å². The number of benzene rings is 2. The zero-order valence-corrected chi connectivity index (χ0v) is 20.1. The van der Waals surface area contributed by atoms with E-state index in [1.165, 1.54) is 36.6 Å². The largest absolute Gasteiger partial charge is 0.312 e. The molecule has 1 saturated heterocycles.